The van der Waals surface area contributed by atoms with E-state index in [1.54, 1.807) is 6.20 Å². The lowest BCUT2D eigenvalue weighted by Gasteiger charge is -2.34. The Morgan fingerprint density at radius 2 is 1.93 bits per heavy atom. The molecule has 0 spiro atoms. The van der Waals surface area contributed by atoms with Crippen molar-refractivity contribution < 1.29 is 0 Å². The van der Waals surface area contributed by atoms with Gasteiger partial charge in [0.15, 0.2) is 5.65 Å². The highest BCUT2D eigenvalue weighted by atomic mass is 16.1. The van der Waals surface area contributed by atoms with Gasteiger partial charge in [0.05, 0.1) is 18.3 Å². The van der Waals surface area contributed by atoms with Gasteiger partial charge in [0.1, 0.15) is 11.2 Å². The largest absolute Gasteiger partial charge is 0.340 e. The van der Waals surface area contributed by atoms with Crippen molar-refractivity contribution in [2.45, 2.75) is 32.9 Å². The summed E-state index contributed by atoms with van der Waals surface area (Å²) in [4.78, 5) is 29.1. The average molecular weight is 370 g/mol. The van der Waals surface area contributed by atoms with Crippen LogP contribution in [0.4, 0.5) is 5.95 Å². The Bertz CT molecular complexity index is 1000. The molecule has 0 amide bonds. The molecule has 0 radical (unpaired) electrons. The molecular weight excluding hydrogens is 344 g/mol. The summed E-state index contributed by atoms with van der Waals surface area (Å²) in [5, 5.41) is 4.90. The van der Waals surface area contributed by atoms with Crippen molar-refractivity contribution in [2.24, 2.45) is 7.05 Å². The van der Waals surface area contributed by atoms with Crippen LogP contribution in [0.15, 0.2) is 23.4 Å². The molecule has 9 nitrogen and oxygen atoms in total. The van der Waals surface area contributed by atoms with Gasteiger partial charge in [-0.15, -0.1) is 0 Å². The van der Waals surface area contributed by atoms with Gasteiger partial charge in [-0.05, 0) is 20.8 Å². The van der Waals surface area contributed by atoms with Gasteiger partial charge in [-0.25, -0.2) is 9.67 Å². The van der Waals surface area contributed by atoms with E-state index in [0.29, 0.717) is 17.0 Å². The number of nitrogens with one attached hydrogen (secondary N) is 1. The number of anilines is 1. The van der Waals surface area contributed by atoms with Crippen molar-refractivity contribution in [1.82, 2.24) is 34.2 Å². The second-order valence-corrected chi connectivity index (χ2v) is 8.07. The van der Waals surface area contributed by atoms with Crippen LogP contribution in [0.25, 0.3) is 11.0 Å². The highest BCUT2D eigenvalue weighted by molar-refractivity contribution is 5.74. The van der Waals surface area contributed by atoms with Gasteiger partial charge in [-0.1, -0.05) is 0 Å². The van der Waals surface area contributed by atoms with Gasteiger partial charge in [0.2, 0.25) is 5.95 Å². The van der Waals surface area contributed by atoms with Gasteiger partial charge >= 0.3 is 0 Å². The first-order valence-corrected chi connectivity index (χ1v) is 9.25. The van der Waals surface area contributed by atoms with E-state index in [9.17, 15) is 4.79 Å². The number of fused-ring (bicyclic) bond motifs is 1. The Labute approximate surface area is 157 Å². The van der Waals surface area contributed by atoms with Gasteiger partial charge in [0.25, 0.3) is 5.56 Å². The number of aromatic nitrogens is 6. The number of rotatable bonds is 3. The van der Waals surface area contributed by atoms with E-state index in [4.69, 9.17) is 4.98 Å². The molecule has 0 aliphatic carbocycles. The minimum absolute atomic E-state index is 0.138. The summed E-state index contributed by atoms with van der Waals surface area (Å²) in [6.45, 7) is 10.4. The molecule has 0 aromatic carbocycles. The van der Waals surface area contributed by atoms with Crippen molar-refractivity contribution in [1.29, 1.82) is 0 Å². The molecule has 0 atom stereocenters. The number of piperazine rings is 1. The van der Waals surface area contributed by atoms with Gasteiger partial charge in [0, 0.05) is 45.6 Å². The second-order valence-electron chi connectivity index (χ2n) is 8.07. The normalized spacial score (nSPS) is 16.4. The number of imidazole rings is 1. The van der Waals surface area contributed by atoms with Gasteiger partial charge in [-0.3, -0.25) is 14.7 Å². The number of aryl methyl sites for hydroxylation is 1. The SMILES string of the molecule is Cn1ccnc1CN1CCN(c2nc3c(cnn3C(C)(C)C)c(=O)[nH]2)CC1. The van der Waals surface area contributed by atoms with Crippen LogP contribution in [0, 0.1) is 0 Å². The number of hydrogen-bond donors (Lipinski definition) is 1. The number of H-pyrrole nitrogens is 1. The molecule has 4 rings (SSSR count). The van der Waals surface area contributed by atoms with Gasteiger partial charge in [-0.2, -0.15) is 10.1 Å². The third-order valence-electron chi connectivity index (χ3n) is 5.02. The molecule has 1 fully saturated rings. The molecule has 0 unspecified atom stereocenters. The lowest BCUT2D eigenvalue weighted by atomic mass is 10.1. The maximum atomic E-state index is 12.5. The first kappa shape index (κ1) is 17.7. The minimum atomic E-state index is -0.236. The standard InChI is InChI=1S/C18H26N8O/c1-18(2,3)26-15-13(11-20-26)16(27)22-17(21-15)25-9-7-24(8-10-25)12-14-19-5-6-23(14)4/h5-6,11H,7-10,12H2,1-4H3,(H,21,22,27). The van der Waals surface area contributed by atoms with Crippen molar-refractivity contribution in [3.05, 3.63) is 34.8 Å². The Kier molecular flexibility index (Phi) is 4.26. The molecule has 3 aromatic heterocycles. The zero-order chi connectivity index (χ0) is 19.2. The van der Waals surface area contributed by atoms with E-state index >= 15 is 0 Å². The van der Waals surface area contributed by atoms with Crippen LogP contribution in [-0.2, 0) is 19.1 Å². The highest BCUT2D eigenvalue weighted by Crippen LogP contribution is 2.20. The first-order valence-electron chi connectivity index (χ1n) is 9.25. The lowest BCUT2D eigenvalue weighted by Crippen LogP contribution is -2.47. The van der Waals surface area contributed by atoms with E-state index in [1.807, 2.05) is 28.7 Å². The molecule has 0 saturated carbocycles. The summed E-state index contributed by atoms with van der Waals surface area (Å²) in [6.07, 6.45) is 5.39. The molecule has 9 heteroatoms. The van der Waals surface area contributed by atoms with Crippen molar-refractivity contribution >= 4 is 17.0 Å². The quantitative estimate of drug-likeness (QED) is 0.738. The van der Waals surface area contributed by atoms with E-state index in [2.05, 4.69) is 45.6 Å². The third kappa shape index (κ3) is 3.34. The van der Waals surface area contributed by atoms with Crippen LogP contribution in [0.3, 0.4) is 0 Å². The number of aromatic amines is 1. The molecule has 1 aliphatic rings. The zero-order valence-corrected chi connectivity index (χ0v) is 16.3. The van der Waals surface area contributed by atoms with Crippen LogP contribution in [0.1, 0.15) is 26.6 Å². The summed E-state index contributed by atoms with van der Waals surface area (Å²) in [6, 6.07) is 0. The van der Waals surface area contributed by atoms with Crippen LogP contribution >= 0.6 is 0 Å². The number of nitrogens with zero attached hydrogens (tertiary/aromatic N) is 7. The van der Waals surface area contributed by atoms with Crippen LogP contribution in [0.5, 0.6) is 0 Å². The van der Waals surface area contributed by atoms with Crippen molar-refractivity contribution in [3.8, 4) is 0 Å². The van der Waals surface area contributed by atoms with Crippen LogP contribution in [0.2, 0.25) is 0 Å². The van der Waals surface area contributed by atoms with E-state index < -0.39 is 0 Å². The topological polar surface area (TPSA) is 87.9 Å². The maximum Gasteiger partial charge on any atom is 0.263 e. The molecule has 27 heavy (non-hydrogen) atoms. The fourth-order valence-electron chi connectivity index (χ4n) is 3.41. The average Bonchev–Trinajstić information content (AvgIpc) is 3.22. The van der Waals surface area contributed by atoms with Crippen molar-refractivity contribution in [2.75, 3.05) is 31.1 Å². The van der Waals surface area contributed by atoms with E-state index in [1.165, 1.54) is 0 Å². The Hall–Kier alpha value is -2.68. The fourth-order valence-corrected chi connectivity index (χ4v) is 3.41. The molecule has 3 aromatic rings. The molecule has 1 N–H and O–H groups in total. The molecule has 4 heterocycles. The van der Waals surface area contributed by atoms with Crippen LogP contribution in [-0.4, -0.2) is 60.4 Å². The van der Waals surface area contributed by atoms with E-state index in [-0.39, 0.29) is 11.1 Å². The predicted octanol–water partition coefficient (Wildman–Crippen LogP) is 0.930. The first-order chi connectivity index (χ1) is 12.8. The predicted molar refractivity (Wildman–Crippen MR) is 104 cm³/mol. The summed E-state index contributed by atoms with van der Waals surface area (Å²) in [7, 11) is 2.01. The monoisotopic (exact) mass is 370 g/mol. The fraction of sp³-hybridized carbons (Fsp3) is 0.556. The minimum Gasteiger partial charge on any atom is -0.340 e. The molecule has 144 valence electrons. The lowest BCUT2D eigenvalue weighted by molar-refractivity contribution is 0.240. The summed E-state index contributed by atoms with van der Waals surface area (Å²) in [5.74, 6) is 1.68. The second kappa shape index (κ2) is 6.49. The van der Waals surface area contributed by atoms with Gasteiger partial charge < -0.3 is 9.47 Å². The molecular formula is C18H26N8O. The Morgan fingerprint density at radius 1 is 1.19 bits per heavy atom. The summed E-state index contributed by atoms with van der Waals surface area (Å²) in [5.41, 5.74) is 0.262. The summed E-state index contributed by atoms with van der Waals surface area (Å²) < 4.78 is 3.87. The third-order valence-corrected chi connectivity index (χ3v) is 5.02. The Morgan fingerprint density at radius 3 is 2.56 bits per heavy atom. The number of hydrogen-bond acceptors (Lipinski definition) is 6. The molecule has 1 aliphatic heterocycles. The Balaban J connectivity index is 1.53. The summed E-state index contributed by atoms with van der Waals surface area (Å²) >= 11 is 0. The molecule has 0 bridgehead atoms. The smallest absolute Gasteiger partial charge is 0.263 e. The van der Waals surface area contributed by atoms with E-state index in [0.717, 1.165) is 38.5 Å². The maximum absolute atomic E-state index is 12.5. The zero-order valence-electron chi connectivity index (χ0n) is 16.3. The van der Waals surface area contributed by atoms with Crippen LogP contribution < -0.4 is 10.5 Å². The molecule has 1 saturated heterocycles. The highest BCUT2D eigenvalue weighted by Gasteiger charge is 2.23. The van der Waals surface area contributed by atoms with Crippen molar-refractivity contribution in [3.63, 3.8) is 0 Å².